The number of anilines is 1. The first-order valence-corrected chi connectivity index (χ1v) is 6.80. The van der Waals surface area contributed by atoms with Gasteiger partial charge in [0.15, 0.2) is 0 Å². The van der Waals surface area contributed by atoms with E-state index in [2.05, 4.69) is 0 Å². The van der Waals surface area contributed by atoms with Gasteiger partial charge in [0.05, 0.1) is 11.4 Å². The summed E-state index contributed by atoms with van der Waals surface area (Å²) in [7, 11) is -3.66. The molecule has 0 heterocycles. The topological polar surface area (TPSA) is 54.5 Å². The highest BCUT2D eigenvalue weighted by molar-refractivity contribution is 7.92. The minimum Gasteiger partial charge on any atom is -0.279 e. The molecule has 0 aliphatic carbocycles. The summed E-state index contributed by atoms with van der Waals surface area (Å²) in [6.07, 6.45) is 0. The number of halogens is 2. The molecule has 0 aliphatic heterocycles. The number of carbonyl (C=O) groups is 1. The van der Waals surface area contributed by atoms with Crippen LogP contribution in [-0.4, -0.2) is 26.0 Å². The summed E-state index contributed by atoms with van der Waals surface area (Å²) in [5.41, 5.74) is 0.0841. The summed E-state index contributed by atoms with van der Waals surface area (Å²) in [5.74, 6) is -0.783. The lowest BCUT2D eigenvalue weighted by atomic mass is 10.3. The smallest absolute Gasteiger partial charge is 0.242 e. The summed E-state index contributed by atoms with van der Waals surface area (Å²) in [6, 6.07) is 4.98. The summed E-state index contributed by atoms with van der Waals surface area (Å²) >= 11 is 5.19. The third kappa shape index (κ3) is 3.67. The highest BCUT2D eigenvalue weighted by atomic mass is 35.5. The minimum atomic E-state index is -3.66. The molecule has 0 amide bonds. The van der Waals surface area contributed by atoms with E-state index in [1.807, 2.05) is 0 Å². The highest BCUT2D eigenvalue weighted by Crippen LogP contribution is 2.19. The molecule has 7 heteroatoms. The number of nitrogens with zero attached hydrogens (tertiary/aromatic N) is 1. The summed E-state index contributed by atoms with van der Waals surface area (Å²) in [4.78, 5) is 10.8. The molecule has 0 aliphatic rings. The molecule has 1 rings (SSSR count). The first-order chi connectivity index (χ1) is 7.86. The van der Waals surface area contributed by atoms with Gasteiger partial charge in [-0.2, -0.15) is 0 Å². The zero-order chi connectivity index (χ0) is 13.1. The molecule has 0 saturated carbocycles. The van der Waals surface area contributed by atoms with Crippen LogP contribution in [0.25, 0.3) is 0 Å². The van der Waals surface area contributed by atoms with Gasteiger partial charge in [0.25, 0.3) is 0 Å². The van der Waals surface area contributed by atoms with Crippen LogP contribution in [0.3, 0.4) is 0 Å². The number of hydrogen-bond donors (Lipinski definition) is 0. The minimum absolute atomic E-state index is 0.0841. The van der Waals surface area contributed by atoms with Crippen LogP contribution in [0.4, 0.5) is 10.1 Å². The van der Waals surface area contributed by atoms with Crippen LogP contribution in [0.2, 0.25) is 0 Å². The van der Waals surface area contributed by atoms with E-state index < -0.39 is 27.6 Å². The van der Waals surface area contributed by atoms with E-state index in [-0.39, 0.29) is 11.4 Å². The average Bonchev–Trinajstić information content (AvgIpc) is 2.25. The summed E-state index contributed by atoms with van der Waals surface area (Å²) < 4.78 is 37.3. The Kier molecular flexibility index (Phi) is 4.47. The molecule has 0 N–H and O–H groups in total. The molecule has 0 unspecified atom stereocenters. The largest absolute Gasteiger partial charge is 0.279 e. The third-order valence-corrected chi connectivity index (χ3v) is 3.93. The Morgan fingerprint density at radius 1 is 1.47 bits per heavy atom. The molecule has 0 fully saturated rings. The quantitative estimate of drug-likeness (QED) is 0.772. The second-order valence-electron chi connectivity index (χ2n) is 3.24. The standard InChI is InChI=1S/C10H11ClFNO3S/c1-2-17(15,16)13(7-10(11)14)9-5-3-4-8(12)6-9/h3-6H,2,7H2,1H3. The number of sulfonamides is 1. The lowest BCUT2D eigenvalue weighted by Crippen LogP contribution is -2.35. The molecule has 94 valence electrons. The van der Waals surface area contributed by atoms with E-state index in [0.717, 1.165) is 10.4 Å². The number of carbonyl (C=O) groups excluding carboxylic acids is 1. The fourth-order valence-electron chi connectivity index (χ4n) is 1.25. The fraction of sp³-hybridized carbons (Fsp3) is 0.300. The van der Waals surface area contributed by atoms with Crippen LogP contribution >= 0.6 is 11.6 Å². The Bertz CT molecular complexity index is 518. The van der Waals surface area contributed by atoms with Crippen molar-refractivity contribution < 1.29 is 17.6 Å². The van der Waals surface area contributed by atoms with Crippen molar-refractivity contribution in [3.05, 3.63) is 30.1 Å². The first kappa shape index (κ1) is 13.9. The molecule has 0 radical (unpaired) electrons. The average molecular weight is 280 g/mol. The predicted molar refractivity (Wildman–Crippen MR) is 64.1 cm³/mol. The number of benzene rings is 1. The number of rotatable bonds is 5. The van der Waals surface area contributed by atoms with Crippen molar-refractivity contribution in [2.24, 2.45) is 0 Å². The Hall–Kier alpha value is -1.14. The van der Waals surface area contributed by atoms with Crippen LogP contribution in [0.5, 0.6) is 0 Å². The van der Waals surface area contributed by atoms with Gasteiger partial charge >= 0.3 is 0 Å². The maximum atomic E-state index is 13.0. The van der Waals surface area contributed by atoms with Gasteiger partial charge in [0.1, 0.15) is 12.4 Å². The van der Waals surface area contributed by atoms with Crippen molar-refractivity contribution in [2.45, 2.75) is 6.92 Å². The second kappa shape index (κ2) is 5.46. The van der Waals surface area contributed by atoms with E-state index >= 15 is 0 Å². The lowest BCUT2D eigenvalue weighted by molar-refractivity contribution is -0.110. The van der Waals surface area contributed by atoms with Gasteiger partial charge in [0.2, 0.25) is 15.3 Å². The van der Waals surface area contributed by atoms with Crippen molar-refractivity contribution in [3.63, 3.8) is 0 Å². The Morgan fingerprint density at radius 2 is 2.12 bits per heavy atom. The molecule has 17 heavy (non-hydrogen) atoms. The SMILES string of the molecule is CCS(=O)(=O)N(CC(=O)Cl)c1cccc(F)c1. The van der Waals surface area contributed by atoms with Crippen LogP contribution < -0.4 is 4.31 Å². The van der Waals surface area contributed by atoms with Gasteiger partial charge in [-0.05, 0) is 36.7 Å². The maximum absolute atomic E-state index is 13.0. The van der Waals surface area contributed by atoms with E-state index in [1.165, 1.54) is 25.1 Å². The van der Waals surface area contributed by atoms with Gasteiger partial charge in [-0.25, -0.2) is 12.8 Å². The molecule has 0 aromatic heterocycles. The van der Waals surface area contributed by atoms with Gasteiger partial charge in [-0.3, -0.25) is 9.10 Å². The highest BCUT2D eigenvalue weighted by Gasteiger charge is 2.22. The van der Waals surface area contributed by atoms with Crippen LogP contribution in [0.1, 0.15) is 6.92 Å². The Morgan fingerprint density at radius 3 is 2.59 bits per heavy atom. The molecule has 0 atom stereocenters. The van der Waals surface area contributed by atoms with Crippen LogP contribution in [0, 0.1) is 5.82 Å². The molecule has 0 bridgehead atoms. The van der Waals surface area contributed by atoms with Crippen molar-refractivity contribution in [3.8, 4) is 0 Å². The first-order valence-electron chi connectivity index (χ1n) is 4.81. The van der Waals surface area contributed by atoms with E-state index in [1.54, 1.807) is 0 Å². The summed E-state index contributed by atoms with van der Waals surface area (Å²) in [6.45, 7) is 0.918. The van der Waals surface area contributed by atoms with Crippen LogP contribution in [0.15, 0.2) is 24.3 Å². The van der Waals surface area contributed by atoms with Gasteiger partial charge < -0.3 is 0 Å². The third-order valence-electron chi connectivity index (χ3n) is 2.06. The molecule has 0 spiro atoms. The van der Waals surface area contributed by atoms with E-state index in [0.29, 0.717) is 0 Å². The lowest BCUT2D eigenvalue weighted by Gasteiger charge is -2.21. The monoisotopic (exact) mass is 279 g/mol. The van der Waals surface area contributed by atoms with Crippen molar-refractivity contribution in [1.82, 2.24) is 0 Å². The van der Waals surface area contributed by atoms with Crippen molar-refractivity contribution in [1.29, 1.82) is 0 Å². The molecular formula is C10H11ClFNO3S. The summed E-state index contributed by atoms with van der Waals surface area (Å²) in [5, 5.41) is -0.828. The van der Waals surface area contributed by atoms with E-state index in [4.69, 9.17) is 11.6 Å². The van der Waals surface area contributed by atoms with Gasteiger partial charge in [-0.1, -0.05) is 6.07 Å². The Balaban J connectivity index is 3.20. The zero-order valence-corrected chi connectivity index (χ0v) is 10.6. The molecular weight excluding hydrogens is 269 g/mol. The molecule has 4 nitrogen and oxygen atoms in total. The molecule has 1 aromatic carbocycles. The van der Waals surface area contributed by atoms with Crippen molar-refractivity contribution >= 4 is 32.6 Å². The predicted octanol–water partition coefficient (Wildman–Crippen LogP) is 1.75. The van der Waals surface area contributed by atoms with Crippen molar-refractivity contribution in [2.75, 3.05) is 16.6 Å². The van der Waals surface area contributed by atoms with E-state index in [9.17, 15) is 17.6 Å². The maximum Gasteiger partial charge on any atom is 0.242 e. The molecule has 0 saturated heterocycles. The second-order valence-corrected chi connectivity index (χ2v) is 5.85. The molecule has 1 aromatic rings. The normalized spacial score (nSPS) is 11.2. The zero-order valence-electron chi connectivity index (χ0n) is 9.06. The number of hydrogen-bond acceptors (Lipinski definition) is 3. The van der Waals surface area contributed by atoms with Gasteiger partial charge in [0, 0.05) is 0 Å². The van der Waals surface area contributed by atoms with Gasteiger partial charge in [-0.15, -0.1) is 0 Å². The van der Waals surface area contributed by atoms with Crippen LogP contribution in [-0.2, 0) is 14.8 Å². The fourth-order valence-corrected chi connectivity index (χ4v) is 2.50. The Labute approximate surface area is 104 Å².